The van der Waals surface area contributed by atoms with Crippen molar-refractivity contribution in [1.82, 2.24) is 9.47 Å². The molecule has 0 N–H and O–H groups in total. The minimum Gasteiger partial charge on any atom is -0.349 e. The maximum atomic E-state index is 12.5. The maximum Gasteiger partial charge on any atom is 0.178 e. The van der Waals surface area contributed by atoms with E-state index >= 15 is 0 Å². The number of Topliss-reactive ketones (excluding diaryl/α,β-unsaturated/α-hetero) is 1. The van der Waals surface area contributed by atoms with Gasteiger partial charge < -0.3 is 4.57 Å². The number of rotatable bonds is 4. The molecule has 1 fully saturated rings. The number of nitrogens with zero attached hydrogens (tertiary/aromatic N) is 2. The lowest BCUT2D eigenvalue weighted by molar-refractivity contribution is 0.0908. The number of carbonyl (C=O) groups excluding carboxylic acids is 1. The zero-order valence-corrected chi connectivity index (χ0v) is 14.0. The lowest BCUT2D eigenvalue weighted by atomic mass is 10.1. The molecule has 0 spiro atoms. The van der Waals surface area contributed by atoms with Crippen molar-refractivity contribution in [3.8, 4) is 0 Å². The van der Waals surface area contributed by atoms with Gasteiger partial charge in [-0.25, -0.2) is 8.42 Å². The Bertz CT molecular complexity index is 646. The third-order valence-corrected chi connectivity index (χ3v) is 6.14. The van der Waals surface area contributed by atoms with Gasteiger partial charge in [0.05, 0.1) is 18.1 Å². The van der Waals surface area contributed by atoms with Crippen LogP contribution in [-0.2, 0) is 16.4 Å². The fraction of sp³-hybridized carbons (Fsp3) is 0.667. The van der Waals surface area contributed by atoms with Crippen LogP contribution in [0.5, 0.6) is 0 Å². The largest absolute Gasteiger partial charge is 0.349 e. The van der Waals surface area contributed by atoms with Crippen LogP contribution in [0, 0.1) is 13.8 Å². The van der Waals surface area contributed by atoms with Gasteiger partial charge in [-0.2, -0.15) is 0 Å². The molecule has 1 aliphatic heterocycles. The van der Waals surface area contributed by atoms with Crippen molar-refractivity contribution in [2.75, 3.05) is 24.6 Å². The summed E-state index contributed by atoms with van der Waals surface area (Å²) in [7, 11) is -2.94. The molecular weight excluding hydrogens is 288 g/mol. The average Bonchev–Trinajstić information content (AvgIpc) is 2.67. The quantitative estimate of drug-likeness (QED) is 0.789. The Balaban J connectivity index is 2.12. The van der Waals surface area contributed by atoms with E-state index in [1.807, 2.05) is 31.7 Å². The molecule has 1 aliphatic rings. The van der Waals surface area contributed by atoms with E-state index in [9.17, 15) is 13.2 Å². The number of aryl methyl sites for hydroxylation is 1. The molecule has 1 aromatic rings. The van der Waals surface area contributed by atoms with E-state index in [1.165, 1.54) is 0 Å². The molecule has 118 valence electrons. The zero-order valence-electron chi connectivity index (χ0n) is 13.2. The minimum atomic E-state index is -2.94. The average molecular weight is 312 g/mol. The van der Waals surface area contributed by atoms with Crippen molar-refractivity contribution in [1.29, 1.82) is 0 Å². The molecular formula is C15H24N2O3S. The second-order valence-corrected chi connectivity index (χ2v) is 8.11. The molecule has 21 heavy (non-hydrogen) atoms. The number of hydrogen-bond acceptors (Lipinski definition) is 4. The first-order chi connectivity index (χ1) is 9.75. The first-order valence-corrected chi connectivity index (χ1v) is 9.21. The van der Waals surface area contributed by atoms with Crippen molar-refractivity contribution in [2.45, 2.75) is 40.3 Å². The summed E-state index contributed by atoms with van der Waals surface area (Å²) in [5, 5.41) is 0. The van der Waals surface area contributed by atoms with Crippen molar-refractivity contribution in [3.05, 3.63) is 23.0 Å². The lowest BCUT2D eigenvalue weighted by Crippen LogP contribution is -2.48. The van der Waals surface area contributed by atoms with E-state index in [2.05, 4.69) is 11.5 Å². The molecule has 0 radical (unpaired) electrons. The van der Waals surface area contributed by atoms with E-state index in [0.717, 1.165) is 23.5 Å². The standard InChI is InChI=1S/C15H24N2O3S/c1-5-17-11(2)8-14(13(17)4)15(18)9-16-6-7-21(19,20)10-12(16)3/h8,12H,5-7,9-10H2,1-4H3. The number of carbonyl (C=O) groups is 1. The van der Waals surface area contributed by atoms with Crippen molar-refractivity contribution < 1.29 is 13.2 Å². The molecule has 1 unspecified atom stereocenters. The van der Waals surface area contributed by atoms with Crippen LogP contribution in [-0.4, -0.2) is 54.3 Å². The normalized spacial score (nSPS) is 22.4. The maximum absolute atomic E-state index is 12.5. The van der Waals surface area contributed by atoms with Gasteiger partial charge >= 0.3 is 0 Å². The van der Waals surface area contributed by atoms with Gasteiger partial charge in [-0.3, -0.25) is 9.69 Å². The molecule has 5 nitrogen and oxygen atoms in total. The molecule has 2 rings (SSSR count). The lowest BCUT2D eigenvalue weighted by Gasteiger charge is -2.32. The predicted octanol–water partition coefficient (Wildman–Crippen LogP) is 1.43. The van der Waals surface area contributed by atoms with Crippen LogP contribution < -0.4 is 0 Å². The molecule has 0 amide bonds. The number of hydrogen-bond donors (Lipinski definition) is 0. The number of aromatic nitrogens is 1. The summed E-state index contributed by atoms with van der Waals surface area (Å²) in [5.74, 6) is 0.376. The van der Waals surface area contributed by atoms with E-state index in [4.69, 9.17) is 0 Å². The van der Waals surface area contributed by atoms with Gasteiger partial charge in [-0.05, 0) is 33.8 Å². The van der Waals surface area contributed by atoms with E-state index in [1.54, 1.807) is 0 Å². The first kappa shape index (κ1) is 16.2. The van der Waals surface area contributed by atoms with Gasteiger partial charge in [0, 0.05) is 36.1 Å². The van der Waals surface area contributed by atoms with Gasteiger partial charge in [0.15, 0.2) is 15.6 Å². The monoisotopic (exact) mass is 312 g/mol. The Hall–Kier alpha value is -1.14. The predicted molar refractivity (Wildman–Crippen MR) is 83.6 cm³/mol. The molecule has 2 heterocycles. The van der Waals surface area contributed by atoms with E-state index < -0.39 is 9.84 Å². The third-order valence-electron chi connectivity index (χ3n) is 4.34. The van der Waals surface area contributed by atoms with Gasteiger partial charge in [0.25, 0.3) is 0 Å². The van der Waals surface area contributed by atoms with Crippen LogP contribution in [0.4, 0.5) is 0 Å². The fourth-order valence-electron chi connectivity index (χ4n) is 3.11. The van der Waals surface area contributed by atoms with Gasteiger partial charge in [0.2, 0.25) is 0 Å². The minimum absolute atomic E-state index is 0.0777. The topological polar surface area (TPSA) is 59.4 Å². The molecule has 0 aromatic carbocycles. The van der Waals surface area contributed by atoms with Crippen LogP contribution >= 0.6 is 0 Å². The van der Waals surface area contributed by atoms with Gasteiger partial charge in [-0.15, -0.1) is 0 Å². The highest BCUT2D eigenvalue weighted by Gasteiger charge is 2.30. The molecule has 1 aromatic heterocycles. The van der Waals surface area contributed by atoms with Crippen molar-refractivity contribution in [3.63, 3.8) is 0 Å². The Morgan fingerprint density at radius 2 is 2.05 bits per heavy atom. The molecule has 6 heteroatoms. The van der Waals surface area contributed by atoms with Crippen molar-refractivity contribution in [2.24, 2.45) is 0 Å². The highest BCUT2D eigenvalue weighted by atomic mass is 32.2. The Morgan fingerprint density at radius 1 is 1.38 bits per heavy atom. The summed E-state index contributed by atoms with van der Waals surface area (Å²) in [6.45, 7) is 9.50. The van der Waals surface area contributed by atoms with Crippen LogP contribution in [0.25, 0.3) is 0 Å². The summed E-state index contributed by atoms with van der Waals surface area (Å²) < 4.78 is 25.3. The Morgan fingerprint density at radius 3 is 2.57 bits per heavy atom. The molecule has 0 saturated carbocycles. The second-order valence-electron chi connectivity index (χ2n) is 5.89. The van der Waals surface area contributed by atoms with E-state index in [-0.39, 0.29) is 23.3 Å². The van der Waals surface area contributed by atoms with Crippen molar-refractivity contribution >= 4 is 15.6 Å². The molecule has 1 atom stereocenters. The SMILES string of the molecule is CCn1c(C)cc(C(=O)CN2CCS(=O)(=O)CC2C)c1C. The highest BCUT2D eigenvalue weighted by Crippen LogP contribution is 2.18. The third kappa shape index (κ3) is 3.37. The molecule has 0 aliphatic carbocycles. The first-order valence-electron chi connectivity index (χ1n) is 7.39. The summed E-state index contributed by atoms with van der Waals surface area (Å²) in [4.78, 5) is 14.5. The molecule has 0 bridgehead atoms. The van der Waals surface area contributed by atoms with E-state index in [0.29, 0.717) is 13.1 Å². The van der Waals surface area contributed by atoms with Crippen LogP contribution in [0.3, 0.4) is 0 Å². The van der Waals surface area contributed by atoms with Crippen LogP contribution in [0.1, 0.15) is 35.6 Å². The zero-order chi connectivity index (χ0) is 15.8. The summed E-state index contributed by atoms with van der Waals surface area (Å²) >= 11 is 0. The summed E-state index contributed by atoms with van der Waals surface area (Å²) in [5.41, 5.74) is 2.85. The second kappa shape index (κ2) is 5.93. The van der Waals surface area contributed by atoms with Gasteiger partial charge in [0.1, 0.15) is 0 Å². The summed E-state index contributed by atoms with van der Waals surface area (Å²) in [6, 6.07) is 1.84. The van der Waals surface area contributed by atoms with Crippen LogP contribution in [0.2, 0.25) is 0 Å². The van der Waals surface area contributed by atoms with Crippen LogP contribution in [0.15, 0.2) is 6.07 Å². The Labute approximate surface area is 126 Å². The smallest absolute Gasteiger partial charge is 0.178 e. The fourth-order valence-corrected chi connectivity index (χ4v) is 4.73. The Kier molecular flexibility index (Phi) is 4.58. The molecule has 1 saturated heterocycles. The summed E-state index contributed by atoms with van der Waals surface area (Å²) in [6.07, 6.45) is 0. The van der Waals surface area contributed by atoms with Gasteiger partial charge in [-0.1, -0.05) is 0 Å². The number of sulfone groups is 1. The highest BCUT2D eigenvalue weighted by molar-refractivity contribution is 7.91. The number of ketones is 1.